The Morgan fingerprint density at radius 3 is 2.88 bits per heavy atom. The van der Waals surface area contributed by atoms with E-state index in [9.17, 15) is 4.79 Å². The smallest absolute Gasteiger partial charge is 0.233 e. The molecule has 1 aromatic carbocycles. The number of halogens is 1. The first-order chi connectivity index (χ1) is 12.1. The summed E-state index contributed by atoms with van der Waals surface area (Å²) in [5.74, 6) is -0.0350. The average Bonchev–Trinajstić information content (AvgIpc) is 3.27. The van der Waals surface area contributed by atoms with E-state index in [0.717, 1.165) is 12.1 Å². The number of rotatable bonds is 7. The van der Waals surface area contributed by atoms with Crippen molar-refractivity contribution in [2.45, 2.75) is 23.8 Å². The van der Waals surface area contributed by atoms with Crippen LogP contribution in [0.4, 0.5) is 0 Å². The van der Waals surface area contributed by atoms with Crippen LogP contribution in [-0.2, 0) is 11.2 Å². The third kappa shape index (κ3) is 4.81. The zero-order chi connectivity index (χ0) is 17.6. The molecule has 6 nitrogen and oxygen atoms in total. The van der Waals surface area contributed by atoms with Gasteiger partial charge in [0.2, 0.25) is 11.1 Å². The highest BCUT2D eigenvalue weighted by molar-refractivity contribution is 8.00. The van der Waals surface area contributed by atoms with Crippen molar-refractivity contribution < 1.29 is 4.79 Å². The van der Waals surface area contributed by atoms with Crippen molar-refractivity contribution in [1.29, 1.82) is 0 Å². The minimum atomic E-state index is -0.305. The van der Waals surface area contributed by atoms with E-state index in [0.29, 0.717) is 16.7 Å². The summed E-state index contributed by atoms with van der Waals surface area (Å²) in [6, 6.07) is 11.3. The molecular formula is C16H16ClN5OS2. The van der Waals surface area contributed by atoms with Crippen LogP contribution in [-0.4, -0.2) is 37.9 Å². The molecule has 2 aromatic heterocycles. The number of amides is 1. The highest BCUT2D eigenvalue weighted by Gasteiger charge is 2.19. The maximum absolute atomic E-state index is 12.3. The van der Waals surface area contributed by atoms with Crippen molar-refractivity contribution in [3.8, 4) is 5.69 Å². The van der Waals surface area contributed by atoms with E-state index >= 15 is 0 Å². The molecule has 0 radical (unpaired) electrons. The molecule has 0 fully saturated rings. The Labute approximate surface area is 158 Å². The molecule has 0 spiro atoms. The van der Waals surface area contributed by atoms with Gasteiger partial charge in [0.25, 0.3) is 0 Å². The van der Waals surface area contributed by atoms with Gasteiger partial charge in [0.15, 0.2) is 0 Å². The van der Waals surface area contributed by atoms with Crippen molar-refractivity contribution in [2.24, 2.45) is 0 Å². The number of tetrazole rings is 1. The average molecular weight is 394 g/mol. The molecule has 0 aliphatic carbocycles. The first-order valence-corrected chi connectivity index (χ1v) is 9.78. The Balaban J connectivity index is 1.57. The third-order valence-corrected chi connectivity index (χ3v) is 5.64. The van der Waals surface area contributed by atoms with Crippen LogP contribution in [0.1, 0.15) is 11.8 Å². The molecule has 0 saturated carbocycles. The van der Waals surface area contributed by atoms with E-state index in [4.69, 9.17) is 11.6 Å². The van der Waals surface area contributed by atoms with Gasteiger partial charge in [-0.3, -0.25) is 4.79 Å². The van der Waals surface area contributed by atoms with Crippen molar-refractivity contribution in [3.05, 3.63) is 51.7 Å². The molecule has 9 heteroatoms. The molecule has 1 unspecified atom stereocenters. The molecule has 2 heterocycles. The number of benzene rings is 1. The molecule has 0 bridgehead atoms. The van der Waals surface area contributed by atoms with E-state index in [1.54, 1.807) is 28.2 Å². The minimum Gasteiger partial charge on any atom is -0.355 e. The predicted molar refractivity (Wildman–Crippen MR) is 101 cm³/mol. The normalized spacial score (nSPS) is 12.1. The van der Waals surface area contributed by atoms with E-state index in [1.807, 2.05) is 30.5 Å². The molecule has 3 aromatic rings. The summed E-state index contributed by atoms with van der Waals surface area (Å²) in [7, 11) is 0. The lowest BCUT2D eigenvalue weighted by molar-refractivity contribution is -0.120. The Kier molecular flexibility index (Phi) is 6.06. The number of aromatic nitrogens is 4. The van der Waals surface area contributed by atoms with Crippen LogP contribution >= 0.6 is 34.7 Å². The van der Waals surface area contributed by atoms with Crippen LogP contribution in [0.3, 0.4) is 0 Å². The number of thioether (sulfide) groups is 1. The lowest BCUT2D eigenvalue weighted by Crippen LogP contribution is -2.32. The predicted octanol–water partition coefficient (Wildman–Crippen LogP) is 3.22. The number of carbonyl (C=O) groups excluding carboxylic acids is 1. The quantitative estimate of drug-likeness (QED) is 0.624. The number of nitrogens with zero attached hydrogens (tertiary/aromatic N) is 4. The molecule has 0 aliphatic heterocycles. The highest BCUT2D eigenvalue weighted by atomic mass is 35.5. The van der Waals surface area contributed by atoms with E-state index < -0.39 is 0 Å². The van der Waals surface area contributed by atoms with Gasteiger partial charge >= 0.3 is 0 Å². The van der Waals surface area contributed by atoms with Crippen LogP contribution in [0.5, 0.6) is 0 Å². The van der Waals surface area contributed by atoms with E-state index in [2.05, 4.69) is 26.9 Å². The van der Waals surface area contributed by atoms with Gasteiger partial charge in [0.1, 0.15) is 0 Å². The Morgan fingerprint density at radius 2 is 2.16 bits per heavy atom. The summed E-state index contributed by atoms with van der Waals surface area (Å²) >= 11 is 8.91. The van der Waals surface area contributed by atoms with Crippen molar-refractivity contribution in [2.75, 3.05) is 6.54 Å². The molecule has 1 N–H and O–H groups in total. The van der Waals surface area contributed by atoms with Crippen LogP contribution in [0.2, 0.25) is 5.02 Å². The van der Waals surface area contributed by atoms with Crippen LogP contribution in [0.25, 0.3) is 5.69 Å². The van der Waals surface area contributed by atoms with Crippen LogP contribution in [0.15, 0.2) is 46.9 Å². The zero-order valence-corrected chi connectivity index (χ0v) is 15.8. The summed E-state index contributed by atoms with van der Waals surface area (Å²) in [6.07, 6.45) is 0.837. The SMILES string of the molecule is CC(Sc1nnnn1-c1ccc(Cl)cc1)C(=O)NCCc1cccs1. The monoisotopic (exact) mass is 393 g/mol. The standard InChI is InChI=1S/C16H16ClN5OS2/c1-11(15(23)18-9-8-14-3-2-10-24-14)25-16-19-20-21-22(16)13-6-4-12(17)5-7-13/h2-7,10-11H,8-9H2,1H3,(H,18,23). The number of hydrogen-bond donors (Lipinski definition) is 1. The van der Waals surface area contributed by atoms with Gasteiger partial charge in [-0.05, 0) is 59.5 Å². The fraction of sp³-hybridized carbons (Fsp3) is 0.250. The lowest BCUT2D eigenvalue weighted by Gasteiger charge is -2.11. The lowest BCUT2D eigenvalue weighted by atomic mass is 10.3. The summed E-state index contributed by atoms with van der Waals surface area (Å²) in [5.41, 5.74) is 0.794. The second-order valence-electron chi connectivity index (χ2n) is 5.23. The van der Waals surface area contributed by atoms with Gasteiger partial charge in [0.05, 0.1) is 10.9 Å². The highest BCUT2D eigenvalue weighted by Crippen LogP contribution is 2.23. The van der Waals surface area contributed by atoms with E-state index in [-0.39, 0.29) is 11.2 Å². The molecule has 130 valence electrons. The Morgan fingerprint density at radius 1 is 1.36 bits per heavy atom. The van der Waals surface area contributed by atoms with Crippen molar-refractivity contribution in [1.82, 2.24) is 25.5 Å². The first kappa shape index (κ1) is 17.9. The fourth-order valence-electron chi connectivity index (χ4n) is 2.12. The largest absolute Gasteiger partial charge is 0.355 e. The first-order valence-electron chi connectivity index (χ1n) is 7.64. The number of thiophene rings is 1. The van der Waals surface area contributed by atoms with Crippen molar-refractivity contribution in [3.63, 3.8) is 0 Å². The molecule has 0 saturated heterocycles. The molecule has 1 atom stereocenters. The number of nitrogens with one attached hydrogen (secondary N) is 1. The third-order valence-electron chi connectivity index (χ3n) is 3.41. The van der Waals surface area contributed by atoms with Crippen molar-refractivity contribution >= 4 is 40.6 Å². The van der Waals surface area contributed by atoms with Gasteiger partial charge in [0, 0.05) is 16.4 Å². The minimum absolute atomic E-state index is 0.0350. The molecule has 1 amide bonds. The van der Waals surface area contributed by atoms with E-state index in [1.165, 1.54) is 16.6 Å². The zero-order valence-electron chi connectivity index (χ0n) is 13.4. The van der Waals surface area contributed by atoms with Crippen LogP contribution in [0, 0.1) is 0 Å². The maximum Gasteiger partial charge on any atom is 0.233 e. The molecule has 3 rings (SSSR count). The van der Waals surface area contributed by atoms with Gasteiger partial charge in [-0.2, -0.15) is 4.68 Å². The molecule has 0 aliphatic rings. The number of carbonyl (C=O) groups is 1. The van der Waals surface area contributed by atoms with Gasteiger partial charge in [-0.25, -0.2) is 0 Å². The van der Waals surface area contributed by atoms with Gasteiger partial charge in [-0.1, -0.05) is 29.4 Å². The fourth-order valence-corrected chi connectivity index (χ4v) is 3.78. The summed E-state index contributed by atoms with van der Waals surface area (Å²) in [5, 5.41) is 17.6. The maximum atomic E-state index is 12.3. The molecule has 25 heavy (non-hydrogen) atoms. The van der Waals surface area contributed by atoms with Gasteiger partial charge < -0.3 is 5.32 Å². The Hall–Kier alpha value is -1.90. The van der Waals surface area contributed by atoms with Gasteiger partial charge in [-0.15, -0.1) is 16.4 Å². The summed E-state index contributed by atoms with van der Waals surface area (Å²) in [4.78, 5) is 13.5. The topological polar surface area (TPSA) is 72.7 Å². The summed E-state index contributed by atoms with van der Waals surface area (Å²) in [6.45, 7) is 2.46. The Bertz CT molecular complexity index is 819. The van der Waals surface area contributed by atoms with Crippen LogP contribution < -0.4 is 5.32 Å². The second kappa shape index (κ2) is 8.46. The second-order valence-corrected chi connectivity index (χ2v) is 8.01. The number of hydrogen-bond acceptors (Lipinski definition) is 6. The summed E-state index contributed by atoms with van der Waals surface area (Å²) < 4.78 is 1.59. The molecular weight excluding hydrogens is 378 g/mol.